The first kappa shape index (κ1) is 15.8. The van der Waals surface area contributed by atoms with Crippen molar-refractivity contribution in [2.24, 2.45) is 0 Å². The molecule has 0 aliphatic carbocycles. The summed E-state index contributed by atoms with van der Waals surface area (Å²) in [6.45, 7) is 2.43. The quantitative estimate of drug-likeness (QED) is 0.927. The van der Waals surface area contributed by atoms with Gasteiger partial charge in [0.15, 0.2) is 0 Å². The average Bonchev–Trinajstić information content (AvgIpc) is 3.02. The summed E-state index contributed by atoms with van der Waals surface area (Å²) in [5, 5.41) is 7.32. The second kappa shape index (κ2) is 7.40. The molecule has 0 amide bonds. The van der Waals surface area contributed by atoms with Gasteiger partial charge >= 0.3 is 0 Å². The van der Waals surface area contributed by atoms with Gasteiger partial charge in [-0.25, -0.2) is 0 Å². The molecular weight excluding hydrogens is 294 g/mol. The molecule has 1 aromatic carbocycles. The number of nitrogens with one attached hydrogen (secondary N) is 1. The summed E-state index contributed by atoms with van der Waals surface area (Å²) < 4.78 is 15.6. The van der Waals surface area contributed by atoms with E-state index in [-0.39, 0.29) is 12.4 Å². The highest BCUT2D eigenvalue weighted by atomic mass is 35.5. The van der Waals surface area contributed by atoms with E-state index in [1.165, 1.54) is 12.0 Å². The molecule has 3 rings (SSSR count). The molecular formula is C14H18ClN3O3. The summed E-state index contributed by atoms with van der Waals surface area (Å²) in [6, 6.07) is 6.37. The summed E-state index contributed by atoms with van der Waals surface area (Å²) in [6.07, 6.45) is 2.22. The van der Waals surface area contributed by atoms with Crippen LogP contribution in [0.25, 0.3) is 11.4 Å². The summed E-state index contributed by atoms with van der Waals surface area (Å²) in [5.41, 5.74) is 2.03. The van der Waals surface area contributed by atoms with E-state index in [9.17, 15) is 0 Å². The van der Waals surface area contributed by atoms with E-state index in [0.29, 0.717) is 11.9 Å². The first-order valence-electron chi connectivity index (χ1n) is 6.61. The maximum Gasteiger partial charge on any atom is 0.214 e. The molecule has 0 bridgehead atoms. The SMILES string of the molecule is COc1ccc(CC2COCCN2)cc1-c1ncon1.Cl. The molecule has 21 heavy (non-hydrogen) atoms. The second-order valence-electron chi connectivity index (χ2n) is 4.72. The second-order valence-corrected chi connectivity index (χ2v) is 4.72. The zero-order chi connectivity index (χ0) is 13.8. The molecule has 7 heteroatoms. The van der Waals surface area contributed by atoms with E-state index in [0.717, 1.165) is 37.5 Å². The third-order valence-electron chi connectivity index (χ3n) is 3.35. The zero-order valence-electron chi connectivity index (χ0n) is 11.7. The number of rotatable bonds is 4. The largest absolute Gasteiger partial charge is 0.496 e. The van der Waals surface area contributed by atoms with E-state index in [1.807, 2.05) is 12.1 Å². The Morgan fingerprint density at radius 3 is 3.00 bits per heavy atom. The summed E-state index contributed by atoms with van der Waals surface area (Å²) >= 11 is 0. The minimum Gasteiger partial charge on any atom is -0.496 e. The van der Waals surface area contributed by atoms with Crippen molar-refractivity contribution in [3.05, 3.63) is 30.2 Å². The van der Waals surface area contributed by atoms with Gasteiger partial charge in [-0.3, -0.25) is 0 Å². The molecule has 2 heterocycles. The van der Waals surface area contributed by atoms with E-state index >= 15 is 0 Å². The number of nitrogens with zero attached hydrogens (tertiary/aromatic N) is 2. The van der Waals surface area contributed by atoms with E-state index < -0.39 is 0 Å². The van der Waals surface area contributed by atoms with Crippen LogP contribution in [-0.4, -0.2) is 43.1 Å². The van der Waals surface area contributed by atoms with Gasteiger partial charge in [-0.2, -0.15) is 4.98 Å². The molecule has 1 aliphatic rings. The molecule has 0 spiro atoms. The highest BCUT2D eigenvalue weighted by Crippen LogP contribution is 2.28. The van der Waals surface area contributed by atoms with Crippen molar-refractivity contribution < 1.29 is 14.0 Å². The predicted molar refractivity (Wildman–Crippen MR) is 79.8 cm³/mol. The van der Waals surface area contributed by atoms with Crippen molar-refractivity contribution in [1.82, 2.24) is 15.5 Å². The fourth-order valence-corrected chi connectivity index (χ4v) is 2.38. The normalized spacial score (nSPS) is 18.0. The van der Waals surface area contributed by atoms with Crippen molar-refractivity contribution in [3.63, 3.8) is 0 Å². The Bertz CT molecular complexity index is 557. The predicted octanol–water partition coefficient (Wildman–Crippen LogP) is 1.70. The van der Waals surface area contributed by atoms with Gasteiger partial charge in [0.1, 0.15) is 5.75 Å². The van der Waals surface area contributed by atoms with Gasteiger partial charge in [-0.1, -0.05) is 11.2 Å². The van der Waals surface area contributed by atoms with Crippen LogP contribution in [0, 0.1) is 0 Å². The van der Waals surface area contributed by atoms with Crippen LogP contribution in [0.3, 0.4) is 0 Å². The van der Waals surface area contributed by atoms with Crippen LogP contribution >= 0.6 is 12.4 Å². The first-order valence-corrected chi connectivity index (χ1v) is 6.61. The Morgan fingerprint density at radius 1 is 1.43 bits per heavy atom. The lowest BCUT2D eigenvalue weighted by Gasteiger charge is -2.24. The molecule has 1 fully saturated rings. The van der Waals surface area contributed by atoms with Gasteiger partial charge in [0, 0.05) is 12.6 Å². The van der Waals surface area contributed by atoms with Crippen molar-refractivity contribution in [3.8, 4) is 17.1 Å². The molecule has 0 radical (unpaired) electrons. The van der Waals surface area contributed by atoms with E-state index in [4.69, 9.17) is 14.0 Å². The highest BCUT2D eigenvalue weighted by Gasteiger charge is 2.16. The molecule has 1 aromatic heterocycles. The van der Waals surface area contributed by atoms with Crippen LogP contribution in [-0.2, 0) is 11.2 Å². The van der Waals surface area contributed by atoms with Gasteiger partial charge in [0.25, 0.3) is 0 Å². The number of aromatic nitrogens is 2. The van der Waals surface area contributed by atoms with Gasteiger partial charge < -0.3 is 19.3 Å². The van der Waals surface area contributed by atoms with Crippen molar-refractivity contribution in [2.75, 3.05) is 26.9 Å². The van der Waals surface area contributed by atoms with Gasteiger partial charge in [-0.15, -0.1) is 12.4 Å². The molecule has 1 unspecified atom stereocenters. The third kappa shape index (κ3) is 3.72. The van der Waals surface area contributed by atoms with Crippen molar-refractivity contribution in [1.29, 1.82) is 0 Å². The number of hydrogen-bond acceptors (Lipinski definition) is 6. The summed E-state index contributed by atoms with van der Waals surface area (Å²) in [4.78, 5) is 4.08. The van der Waals surface area contributed by atoms with Crippen LogP contribution in [0.5, 0.6) is 5.75 Å². The minimum atomic E-state index is 0. The maximum absolute atomic E-state index is 5.47. The first-order chi connectivity index (χ1) is 9.86. The van der Waals surface area contributed by atoms with Gasteiger partial charge in [0.05, 0.1) is 25.9 Å². The van der Waals surface area contributed by atoms with Crippen LogP contribution in [0.1, 0.15) is 5.56 Å². The Labute approximate surface area is 129 Å². The highest BCUT2D eigenvalue weighted by molar-refractivity contribution is 5.85. The van der Waals surface area contributed by atoms with Crippen LogP contribution in [0.2, 0.25) is 0 Å². The Morgan fingerprint density at radius 2 is 2.33 bits per heavy atom. The smallest absolute Gasteiger partial charge is 0.214 e. The molecule has 0 saturated carbocycles. The monoisotopic (exact) mass is 311 g/mol. The molecule has 2 aromatic rings. The fraction of sp³-hybridized carbons (Fsp3) is 0.429. The van der Waals surface area contributed by atoms with Gasteiger partial charge in [0.2, 0.25) is 12.2 Å². The van der Waals surface area contributed by atoms with Crippen LogP contribution in [0.4, 0.5) is 0 Å². The fourth-order valence-electron chi connectivity index (χ4n) is 2.38. The number of hydrogen-bond donors (Lipinski definition) is 1. The summed E-state index contributed by atoms with van der Waals surface area (Å²) in [5.74, 6) is 1.28. The van der Waals surface area contributed by atoms with Crippen LogP contribution in [0.15, 0.2) is 29.1 Å². The standard InChI is InChI=1S/C14H17N3O3.ClH/c1-18-13-3-2-10(6-11-8-19-5-4-15-11)7-12(13)14-16-9-20-17-14;/h2-3,7,9,11,15H,4-6,8H2,1H3;1H. The lowest BCUT2D eigenvalue weighted by atomic mass is 10.0. The number of methoxy groups -OCH3 is 1. The molecule has 1 N–H and O–H groups in total. The average molecular weight is 312 g/mol. The minimum absolute atomic E-state index is 0. The maximum atomic E-state index is 5.47. The molecule has 1 saturated heterocycles. The topological polar surface area (TPSA) is 69.4 Å². The Balaban J connectivity index is 0.00000161. The molecule has 1 atom stereocenters. The van der Waals surface area contributed by atoms with Crippen molar-refractivity contribution in [2.45, 2.75) is 12.5 Å². The zero-order valence-corrected chi connectivity index (χ0v) is 12.6. The van der Waals surface area contributed by atoms with E-state index in [2.05, 4.69) is 21.5 Å². The van der Waals surface area contributed by atoms with Crippen molar-refractivity contribution >= 4 is 12.4 Å². The number of halogens is 1. The number of benzene rings is 1. The summed E-state index contributed by atoms with van der Waals surface area (Å²) in [7, 11) is 1.63. The Hall–Kier alpha value is -1.63. The Kier molecular flexibility index (Phi) is 5.55. The van der Waals surface area contributed by atoms with Crippen LogP contribution < -0.4 is 10.1 Å². The van der Waals surface area contributed by atoms with Gasteiger partial charge in [-0.05, 0) is 24.1 Å². The number of ether oxygens (including phenoxy) is 2. The number of morpholine rings is 1. The molecule has 114 valence electrons. The lowest BCUT2D eigenvalue weighted by Crippen LogP contribution is -2.42. The molecule has 6 nitrogen and oxygen atoms in total. The van der Waals surface area contributed by atoms with E-state index in [1.54, 1.807) is 7.11 Å². The lowest BCUT2D eigenvalue weighted by molar-refractivity contribution is 0.0770. The molecule has 1 aliphatic heterocycles. The third-order valence-corrected chi connectivity index (χ3v) is 3.35.